The van der Waals surface area contributed by atoms with Gasteiger partial charge in [0.05, 0.1) is 0 Å². The van der Waals surface area contributed by atoms with E-state index in [0.29, 0.717) is 5.88 Å². The Kier molecular flexibility index (Phi) is 3.93. The van der Waals surface area contributed by atoms with E-state index in [2.05, 4.69) is 29.6 Å². The van der Waals surface area contributed by atoms with E-state index < -0.39 is 0 Å². The molecule has 0 atom stereocenters. The summed E-state index contributed by atoms with van der Waals surface area (Å²) in [5.41, 5.74) is 3.27. The predicted octanol–water partition coefficient (Wildman–Crippen LogP) is 3.01. The topological polar surface area (TPSA) is 34.0 Å². The fourth-order valence-electron chi connectivity index (χ4n) is 3.21. The number of hydrogen-bond donors (Lipinski definition) is 0. The summed E-state index contributed by atoms with van der Waals surface area (Å²) in [4.78, 5) is 11.8. The van der Waals surface area contributed by atoms with E-state index in [4.69, 9.17) is 21.6 Å². The largest absolute Gasteiger partial charge is 0.311 e. The van der Waals surface area contributed by atoms with Crippen molar-refractivity contribution in [2.45, 2.75) is 44.7 Å². The van der Waals surface area contributed by atoms with Crippen LogP contribution in [0.5, 0.6) is 0 Å². The lowest BCUT2D eigenvalue weighted by Gasteiger charge is -2.47. The number of halogens is 1. The number of likely N-dealkylation sites (N-methyl/N-ethyl adjacent to an activating group) is 1. The van der Waals surface area contributed by atoms with E-state index >= 15 is 0 Å². The van der Waals surface area contributed by atoms with E-state index in [0.717, 1.165) is 35.6 Å². The lowest BCUT2D eigenvalue weighted by atomic mass is 9.75. The molecule has 2 heterocycles. The van der Waals surface area contributed by atoms with Crippen LogP contribution in [-0.2, 0) is 13.0 Å². The van der Waals surface area contributed by atoms with E-state index in [1.54, 1.807) is 0 Å². The van der Waals surface area contributed by atoms with Gasteiger partial charge in [-0.2, -0.15) is 0 Å². The van der Waals surface area contributed by atoms with Gasteiger partial charge < -0.3 is 9.47 Å². The minimum atomic E-state index is 0.250. The SMILES string of the molecule is Cc1ccc2nc(CCCl)n(CC3(N(C)C)CCC3)c2n1. The van der Waals surface area contributed by atoms with Crippen molar-refractivity contribution in [1.82, 2.24) is 19.4 Å². The van der Waals surface area contributed by atoms with Crippen LogP contribution in [0.25, 0.3) is 11.2 Å². The van der Waals surface area contributed by atoms with E-state index in [-0.39, 0.29) is 5.54 Å². The fraction of sp³-hybridized carbons (Fsp3) is 0.625. The molecule has 3 rings (SSSR count). The molecule has 0 N–H and O–H groups in total. The smallest absolute Gasteiger partial charge is 0.160 e. The van der Waals surface area contributed by atoms with Crippen molar-refractivity contribution in [3.05, 3.63) is 23.7 Å². The van der Waals surface area contributed by atoms with Gasteiger partial charge in [-0.15, -0.1) is 11.6 Å². The zero-order valence-corrected chi connectivity index (χ0v) is 13.8. The van der Waals surface area contributed by atoms with Crippen molar-refractivity contribution in [2.24, 2.45) is 0 Å². The predicted molar refractivity (Wildman–Crippen MR) is 87.0 cm³/mol. The summed E-state index contributed by atoms with van der Waals surface area (Å²) in [6.45, 7) is 2.99. The molecule has 1 saturated carbocycles. The molecule has 21 heavy (non-hydrogen) atoms. The standard InChI is InChI=1S/C16H23ClN4/c1-12-5-6-13-15(18-12)21(14(19-13)7-10-17)11-16(20(2)3)8-4-9-16/h5-6H,4,7-11H2,1-3H3. The maximum Gasteiger partial charge on any atom is 0.160 e. The summed E-state index contributed by atoms with van der Waals surface area (Å²) >= 11 is 5.96. The molecule has 1 aliphatic carbocycles. The third-order valence-corrected chi connectivity index (χ3v) is 5.00. The van der Waals surface area contributed by atoms with Gasteiger partial charge in [0.25, 0.3) is 0 Å². The van der Waals surface area contributed by atoms with Crippen LogP contribution in [0.2, 0.25) is 0 Å². The molecule has 0 spiro atoms. The second-order valence-electron chi connectivity index (χ2n) is 6.32. The van der Waals surface area contributed by atoms with Gasteiger partial charge in [0.15, 0.2) is 5.65 Å². The van der Waals surface area contributed by atoms with Gasteiger partial charge in [-0.05, 0) is 52.4 Å². The molecule has 0 saturated heterocycles. The molecular weight excluding hydrogens is 284 g/mol. The van der Waals surface area contributed by atoms with Gasteiger partial charge in [0.1, 0.15) is 11.3 Å². The summed E-state index contributed by atoms with van der Waals surface area (Å²) in [7, 11) is 4.36. The molecule has 0 aliphatic heterocycles. The van der Waals surface area contributed by atoms with Crippen LogP contribution in [0, 0.1) is 6.92 Å². The summed E-state index contributed by atoms with van der Waals surface area (Å²) in [5.74, 6) is 1.66. The zero-order chi connectivity index (χ0) is 15.0. The summed E-state index contributed by atoms with van der Waals surface area (Å²) in [5, 5.41) is 0. The van der Waals surface area contributed by atoms with Crippen molar-refractivity contribution in [3.63, 3.8) is 0 Å². The van der Waals surface area contributed by atoms with E-state index in [1.165, 1.54) is 19.3 Å². The highest BCUT2D eigenvalue weighted by molar-refractivity contribution is 6.17. The normalized spacial score (nSPS) is 17.4. The first-order chi connectivity index (χ1) is 10.1. The van der Waals surface area contributed by atoms with Crippen LogP contribution >= 0.6 is 11.6 Å². The Bertz CT molecular complexity index is 643. The molecule has 0 bridgehead atoms. The molecule has 2 aromatic heterocycles. The first kappa shape index (κ1) is 14.8. The van der Waals surface area contributed by atoms with E-state index in [9.17, 15) is 0 Å². The third kappa shape index (κ3) is 2.55. The number of aryl methyl sites for hydroxylation is 2. The van der Waals surface area contributed by atoms with Crippen LogP contribution in [0.15, 0.2) is 12.1 Å². The Morgan fingerprint density at radius 2 is 2.05 bits per heavy atom. The lowest BCUT2D eigenvalue weighted by molar-refractivity contribution is 0.0426. The van der Waals surface area contributed by atoms with Crippen LogP contribution in [-0.4, -0.2) is 44.9 Å². The number of imidazole rings is 1. The number of hydrogen-bond acceptors (Lipinski definition) is 3. The summed E-state index contributed by atoms with van der Waals surface area (Å²) < 4.78 is 2.30. The highest BCUT2D eigenvalue weighted by Crippen LogP contribution is 2.38. The average Bonchev–Trinajstić information content (AvgIpc) is 2.71. The minimum absolute atomic E-state index is 0.250. The van der Waals surface area contributed by atoms with Crippen LogP contribution in [0.1, 0.15) is 30.8 Å². The van der Waals surface area contributed by atoms with E-state index in [1.807, 2.05) is 13.0 Å². The second kappa shape index (κ2) is 5.58. The molecule has 0 aromatic carbocycles. The Balaban J connectivity index is 2.06. The number of alkyl halides is 1. The molecular formula is C16H23ClN4. The molecule has 4 nitrogen and oxygen atoms in total. The minimum Gasteiger partial charge on any atom is -0.311 e. The number of fused-ring (bicyclic) bond motifs is 1. The fourth-order valence-corrected chi connectivity index (χ4v) is 3.38. The van der Waals surface area contributed by atoms with Crippen LogP contribution in [0.4, 0.5) is 0 Å². The summed E-state index contributed by atoms with van der Waals surface area (Å²) in [6.07, 6.45) is 4.58. The molecule has 5 heteroatoms. The molecule has 2 aromatic rings. The summed E-state index contributed by atoms with van der Waals surface area (Å²) in [6, 6.07) is 4.09. The first-order valence-corrected chi connectivity index (χ1v) is 8.15. The number of aromatic nitrogens is 3. The Morgan fingerprint density at radius 1 is 1.29 bits per heavy atom. The van der Waals surface area contributed by atoms with Crippen molar-refractivity contribution in [2.75, 3.05) is 20.0 Å². The molecule has 1 fully saturated rings. The van der Waals surface area contributed by atoms with Crippen LogP contribution < -0.4 is 0 Å². The van der Waals surface area contributed by atoms with Crippen molar-refractivity contribution in [3.8, 4) is 0 Å². The maximum atomic E-state index is 5.96. The molecule has 0 radical (unpaired) electrons. The Labute approximate surface area is 131 Å². The monoisotopic (exact) mass is 306 g/mol. The number of nitrogens with zero attached hydrogens (tertiary/aromatic N) is 4. The molecule has 0 unspecified atom stereocenters. The Morgan fingerprint density at radius 3 is 2.62 bits per heavy atom. The number of pyridine rings is 1. The highest BCUT2D eigenvalue weighted by Gasteiger charge is 2.40. The molecule has 1 aliphatic rings. The van der Waals surface area contributed by atoms with Crippen molar-refractivity contribution >= 4 is 22.8 Å². The molecule has 114 valence electrons. The third-order valence-electron chi connectivity index (χ3n) is 4.81. The van der Waals surface area contributed by atoms with Gasteiger partial charge in [-0.3, -0.25) is 0 Å². The lowest BCUT2D eigenvalue weighted by Crippen LogP contribution is -2.53. The van der Waals surface area contributed by atoms with Gasteiger partial charge in [0, 0.05) is 30.1 Å². The van der Waals surface area contributed by atoms with Gasteiger partial charge >= 0.3 is 0 Å². The first-order valence-electron chi connectivity index (χ1n) is 7.62. The van der Waals surface area contributed by atoms with Crippen molar-refractivity contribution in [1.29, 1.82) is 0 Å². The van der Waals surface area contributed by atoms with Crippen LogP contribution in [0.3, 0.4) is 0 Å². The van der Waals surface area contributed by atoms with Gasteiger partial charge in [-0.25, -0.2) is 9.97 Å². The maximum absolute atomic E-state index is 5.96. The van der Waals surface area contributed by atoms with Crippen molar-refractivity contribution < 1.29 is 0 Å². The second-order valence-corrected chi connectivity index (χ2v) is 6.70. The Hall–Kier alpha value is -1.13. The molecule has 0 amide bonds. The quantitative estimate of drug-likeness (QED) is 0.796. The van der Waals surface area contributed by atoms with Gasteiger partial charge in [-0.1, -0.05) is 0 Å². The van der Waals surface area contributed by atoms with Gasteiger partial charge in [0.2, 0.25) is 0 Å². The number of rotatable bonds is 5. The zero-order valence-electron chi connectivity index (χ0n) is 13.1. The highest BCUT2D eigenvalue weighted by atomic mass is 35.5. The average molecular weight is 307 g/mol.